The summed E-state index contributed by atoms with van der Waals surface area (Å²) in [5.74, 6) is 0.523. The van der Waals surface area contributed by atoms with Crippen LogP contribution in [0.15, 0.2) is 55.0 Å². The minimum atomic E-state index is 0.523. The number of ether oxygens (including phenoxy) is 1. The van der Waals surface area contributed by atoms with Crippen LogP contribution in [0.5, 0.6) is 0 Å². The molecule has 0 amide bonds. The first-order valence-electron chi connectivity index (χ1n) is 8.65. The van der Waals surface area contributed by atoms with E-state index in [0.29, 0.717) is 12.4 Å². The van der Waals surface area contributed by atoms with Gasteiger partial charge in [0.1, 0.15) is 5.82 Å². The molecule has 0 fully saturated rings. The normalized spacial score (nSPS) is 10.9. The average Bonchev–Trinajstić information content (AvgIpc) is 3.09. The first kappa shape index (κ1) is 17.2. The van der Waals surface area contributed by atoms with Gasteiger partial charge in [0.2, 0.25) is 0 Å². The molecule has 5 heteroatoms. The molecule has 3 rings (SSSR count). The van der Waals surface area contributed by atoms with Crippen LogP contribution in [0.25, 0.3) is 11.1 Å². The van der Waals surface area contributed by atoms with Gasteiger partial charge < -0.3 is 10.5 Å². The molecule has 25 heavy (non-hydrogen) atoms. The summed E-state index contributed by atoms with van der Waals surface area (Å²) in [5, 5.41) is 4.43. The Morgan fingerprint density at radius 1 is 1.12 bits per heavy atom. The Morgan fingerprint density at radius 2 is 1.92 bits per heavy atom. The van der Waals surface area contributed by atoms with Crippen molar-refractivity contribution in [3.05, 3.63) is 66.1 Å². The monoisotopic (exact) mass is 336 g/mol. The van der Waals surface area contributed by atoms with Gasteiger partial charge in [0, 0.05) is 30.1 Å². The molecule has 0 aliphatic heterocycles. The second-order valence-electron chi connectivity index (χ2n) is 6.09. The molecule has 130 valence electrons. The van der Waals surface area contributed by atoms with Gasteiger partial charge in [-0.05, 0) is 29.7 Å². The highest BCUT2D eigenvalue weighted by atomic mass is 16.5. The third-order valence-electron chi connectivity index (χ3n) is 4.06. The van der Waals surface area contributed by atoms with Gasteiger partial charge in [-0.3, -0.25) is 4.68 Å². The van der Waals surface area contributed by atoms with Crippen LogP contribution in [-0.2, 0) is 17.9 Å². The van der Waals surface area contributed by atoms with Gasteiger partial charge in [-0.15, -0.1) is 0 Å². The smallest absolute Gasteiger partial charge is 0.131 e. The van der Waals surface area contributed by atoms with E-state index >= 15 is 0 Å². The van der Waals surface area contributed by atoms with Gasteiger partial charge >= 0.3 is 0 Å². The molecule has 0 radical (unpaired) electrons. The van der Waals surface area contributed by atoms with E-state index in [0.717, 1.165) is 37.1 Å². The summed E-state index contributed by atoms with van der Waals surface area (Å²) in [7, 11) is 0. The lowest BCUT2D eigenvalue weighted by molar-refractivity contribution is 0.118. The summed E-state index contributed by atoms with van der Waals surface area (Å²) in [6, 6.07) is 12.3. The Bertz CT molecular complexity index is 795. The van der Waals surface area contributed by atoms with Gasteiger partial charge in [-0.2, -0.15) is 5.10 Å². The van der Waals surface area contributed by atoms with E-state index < -0.39 is 0 Å². The number of aromatic nitrogens is 3. The number of rotatable bonds is 8. The topological polar surface area (TPSA) is 66.0 Å². The number of benzene rings is 1. The van der Waals surface area contributed by atoms with Crippen LogP contribution < -0.4 is 5.73 Å². The van der Waals surface area contributed by atoms with Crippen molar-refractivity contribution in [1.82, 2.24) is 14.8 Å². The quantitative estimate of drug-likeness (QED) is 0.634. The molecule has 0 bridgehead atoms. The molecule has 0 aliphatic carbocycles. The zero-order valence-corrected chi connectivity index (χ0v) is 14.6. The minimum Gasteiger partial charge on any atom is -0.383 e. The summed E-state index contributed by atoms with van der Waals surface area (Å²) in [6.07, 6.45) is 7.78. The molecule has 2 aromatic heterocycles. The fourth-order valence-electron chi connectivity index (χ4n) is 2.62. The lowest BCUT2D eigenvalue weighted by Crippen LogP contribution is -2.00. The van der Waals surface area contributed by atoms with Gasteiger partial charge in [-0.1, -0.05) is 37.6 Å². The molecule has 0 unspecified atom stereocenters. The number of pyridine rings is 1. The maximum atomic E-state index is 5.93. The number of hydrogen-bond acceptors (Lipinski definition) is 4. The van der Waals surface area contributed by atoms with Crippen molar-refractivity contribution in [3.63, 3.8) is 0 Å². The molecule has 2 N–H and O–H groups in total. The second-order valence-corrected chi connectivity index (χ2v) is 6.09. The van der Waals surface area contributed by atoms with Crippen molar-refractivity contribution in [2.24, 2.45) is 0 Å². The molecule has 0 saturated heterocycles. The van der Waals surface area contributed by atoms with Crippen molar-refractivity contribution in [2.75, 3.05) is 12.3 Å². The first-order valence-corrected chi connectivity index (χ1v) is 8.65. The zero-order chi connectivity index (χ0) is 17.5. The number of unbranched alkanes of at least 4 members (excludes halogenated alkanes) is 1. The average molecular weight is 336 g/mol. The van der Waals surface area contributed by atoms with Crippen LogP contribution in [0.4, 0.5) is 5.82 Å². The summed E-state index contributed by atoms with van der Waals surface area (Å²) >= 11 is 0. The van der Waals surface area contributed by atoms with E-state index in [9.17, 15) is 0 Å². The maximum absolute atomic E-state index is 5.93. The van der Waals surface area contributed by atoms with Crippen LogP contribution >= 0.6 is 0 Å². The molecule has 5 nitrogen and oxygen atoms in total. The van der Waals surface area contributed by atoms with Crippen LogP contribution in [0.3, 0.4) is 0 Å². The van der Waals surface area contributed by atoms with Crippen molar-refractivity contribution >= 4 is 5.82 Å². The molecular weight excluding hydrogens is 312 g/mol. The van der Waals surface area contributed by atoms with Crippen LogP contribution in [0, 0.1) is 0 Å². The Balaban J connectivity index is 1.60. The van der Waals surface area contributed by atoms with E-state index in [1.165, 1.54) is 11.1 Å². The van der Waals surface area contributed by atoms with Gasteiger partial charge in [0.05, 0.1) is 19.3 Å². The van der Waals surface area contributed by atoms with Crippen molar-refractivity contribution in [2.45, 2.75) is 32.9 Å². The van der Waals surface area contributed by atoms with E-state index in [2.05, 4.69) is 41.3 Å². The Morgan fingerprint density at radius 3 is 2.68 bits per heavy atom. The zero-order valence-electron chi connectivity index (χ0n) is 14.6. The molecule has 2 heterocycles. The van der Waals surface area contributed by atoms with E-state index in [1.807, 2.05) is 29.2 Å². The lowest BCUT2D eigenvalue weighted by Gasteiger charge is -2.06. The second kappa shape index (κ2) is 8.44. The highest BCUT2D eigenvalue weighted by molar-refractivity contribution is 5.72. The van der Waals surface area contributed by atoms with Crippen LogP contribution in [0.2, 0.25) is 0 Å². The van der Waals surface area contributed by atoms with E-state index in [1.54, 1.807) is 6.20 Å². The molecule has 3 aromatic rings. The minimum absolute atomic E-state index is 0.523. The summed E-state index contributed by atoms with van der Waals surface area (Å²) < 4.78 is 7.56. The predicted octanol–water partition coefficient (Wildman–Crippen LogP) is 3.89. The largest absolute Gasteiger partial charge is 0.383 e. The fourth-order valence-corrected chi connectivity index (χ4v) is 2.62. The molecule has 1 aromatic carbocycles. The van der Waals surface area contributed by atoms with Crippen molar-refractivity contribution in [1.29, 1.82) is 0 Å². The van der Waals surface area contributed by atoms with Gasteiger partial charge in [-0.25, -0.2) is 4.98 Å². The van der Waals surface area contributed by atoms with E-state index in [-0.39, 0.29) is 0 Å². The maximum Gasteiger partial charge on any atom is 0.131 e. The highest BCUT2D eigenvalue weighted by Gasteiger charge is 2.06. The molecular formula is C20H24N4O. The third-order valence-corrected chi connectivity index (χ3v) is 4.06. The van der Waals surface area contributed by atoms with Gasteiger partial charge in [0.25, 0.3) is 0 Å². The standard InChI is InChI=1S/C20H24N4O/c1-2-3-11-25-15-17-8-6-16(7-9-17)13-24-14-18(12-23-24)19-5-4-10-22-20(19)21/h4-10,12,14H,2-3,11,13,15H2,1H3,(H2,21,22). The Hall–Kier alpha value is -2.66. The SMILES string of the molecule is CCCCOCc1ccc(Cn2cc(-c3cccnc3N)cn2)cc1. The number of nitrogens with zero attached hydrogens (tertiary/aromatic N) is 3. The van der Waals surface area contributed by atoms with E-state index in [4.69, 9.17) is 10.5 Å². The third kappa shape index (κ3) is 4.67. The lowest BCUT2D eigenvalue weighted by atomic mass is 10.1. The summed E-state index contributed by atoms with van der Waals surface area (Å²) in [4.78, 5) is 4.12. The Labute approximate surface area is 148 Å². The first-order chi connectivity index (χ1) is 12.3. The highest BCUT2D eigenvalue weighted by Crippen LogP contribution is 2.23. The molecule has 0 atom stereocenters. The number of hydrogen-bond donors (Lipinski definition) is 1. The number of nitrogen functional groups attached to an aromatic ring is 1. The van der Waals surface area contributed by atoms with Gasteiger partial charge in [0.15, 0.2) is 0 Å². The van der Waals surface area contributed by atoms with Crippen LogP contribution in [0.1, 0.15) is 30.9 Å². The Kier molecular flexibility index (Phi) is 5.80. The van der Waals surface area contributed by atoms with Crippen molar-refractivity contribution < 1.29 is 4.74 Å². The molecule has 0 saturated carbocycles. The number of nitrogens with two attached hydrogens (primary N) is 1. The molecule has 0 spiro atoms. The molecule has 0 aliphatic rings. The fraction of sp³-hybridized carbons (Fsp3) is 0.300. The number of anilines is 1. The summed E-state index contributed by atoms with van der Waals surface area (Å²) in [5.41, 5.74) is 10.2. The predicted molar refractivity (Wildman–Crippen MR) is 100.0 cm³/mol. The summed E-state index contributed by atoms with van der Waals surface area (Å²) in [6.45, 7) is 4.39. The van der Waals surface area contributed by atoms with Crippen molar-refractivity contribution in [3.8, 4) is 11.1 Å². The van der Waals surface area contributed by atoms with Crippen LogP contribution in [-0.4, -0.2) is 21.4 Å².